The Kier molecular flexibility index (Phi) is 9.02. The van der Waals surface area contributed by atoms with Crippen molar-refractivity contribution in [2.24, 2.45) is 0 Å². The second-order valence-corrected chi connectivity index (χ2v) is 11.7. The minimum Gasteiger partial charge on any atom is -0.493 e. The predicted molar refractivity (Wildman–Crippen MR) is 169 cm³/mol. The van der Waals surface area contributed by atoms with E-state index in [0.29, 0.717) is 33.8 Å². The number of fused-ring (bicyclic) bond motifs is 1. The molecule has 208 valence electrons. The number of methoxy groups -OCH3 is 1. The van der Waals surface area contributed by atoms with Crippen LogP contribution in [-0.2, 0) is 16.2 Å². The van der Waals surface area contributed by atoms with E-state index in [0.717, 1.165) is 37.9 Å². The molecule has 5 rings (SSSR count). The fourth-order valence-corrected chi connectivity index (χ4v) is 6.24. The van der Waals surface area contributed by atoms with Crippen LogP contribution in [0.2, 0.25) is 0 Å². The Morgan fingerprint density at radius 2 is 1.83 bits per heavy atom. The molecule has 7 nitrogen and oxygen atoms in total. The predicted octanol–water partition coefficient (Wildman–Crippen LogP) is 7.59. The van der Waals surface area contributed by atoms with Crippen molar-refractivity contribution in [3.05, 3.63) is 99.4 Å². The van der Waals surface area contributed by atoms with Crippen molar-refractivity contribution >= 4 is 79.0 Å². The Morgan fingerprint density at radius 3 is 2.63 bits per heavy atom. The van der Waals surface area contributed by atoms with Crippen LogP contribution in [0.5, 0.6) is 11.5 Å². The van der Waals surface area contributed by atoms with Gasteiger partial charge in [0.05, 0.1) is 16.5 Å². The first kappa shape index (κ1) is 28.8. The summed E-state index contributed by atoms with van der Waals surface area (Å²) in [6.45, 7) is -0.0440. The number of imide groups is 1. The molecular formula is C31H25BrN2O5S2. The van der Waals surface area contributed by atoms with E-state index in [1.165, 1.54) is 7.11 Å². The summed E-state index contributed by atoms with van der Waals surface area (Å²) < 4.78 is 12.4. The molecule has 10 heteroatoms. The number of hydrogen-bond acceptors (Lipinski definition) is 7. The smallest absolute Gasteiger partial charge is 0.294 e. The largest absolute Gasteiger partial charge is 0.493 e. The minimum absolute atomic E-state index is 0.213. The van der Waals surface area contributed by atoms with Gasteiger partial charge >= 0.3 is 0 Å². The van der Waals surface area contributed by atoms with E-state index >= 15 is 0 Å². The molecule has 0 atom stereocenters. The molecule has 3 amide bonds. The Bertz CT molecular complexity index is 1690. The van der Waals surface area contributed by atoms with Crippen LogP contribution in [-0.4, -0.2) is 41.9 Å². The molecule has 1 heterocycles. The number of carbonyl (C=O) groups excluding carboxylic acids is 3. The van der Waals surface area contributed by atoms with Crippen LogP contribution in [0.4, 0.5) is 10.5 Å². The molecule has 0 spiro atoms. The van der Waals surface area contributed by atoms with Crippen LogP contribution in [0.15, 0.2) is 93.1 Å². The molecule has 1 aliphatic rings. The lowest BCUT2D eigenvalue weighted by Crippen LogP contribution is -2.36. The van der Waals surface area contributed by atoms with E-state index in [1.54, 1.807) is 36.0 Å². The Labute approximate surface area is 254 Å². The van der Waals surface area contributed by atoms with Gasteiger partial charge in [0.2, 0.25) is 5.91 Å². The number of nitrogens with zero attached hydrogens (tertiary/aromatic N) is 1. The highest BCUT2D eigenvalue weighted by atomic mass is 79.9. The van der Waals surface area contributed by atoms with Gasteiger partial charge in [-0.2, -0.15) is 0 Å². The number of carbonyl (C=O) groups is 3. The van der Waals surface area contributed by atoms with Crippen molar-refractivity contribution in [3.63, 3.8) is 0 Å². The molecule has 0 aromatic heterocycles. The van der Waals surface area contributed by atoms with Gasteiger partial charge < -0.3 is 14.8 Å². The van der Waals surface area contributed by atoms with E-state index in [4.69, 9.17) is 9.47 Å². The van der Waals surface area contributed by atoms with Crippen molar-refractivity contribution in [3.8, 4) is 11.5 Å². The van der Waals surface area contributed by atoms with Crippen LogP contribution < -0.4 is 14.8 Å². The summed E-state index contributed by atoms with van der Waals surface area (Å²) in [6.07, 6.45) is 3.54. The van der Waals surface area contributed by atoms with Gasteiger partial charge in [-0.1, -0.05) is 48.5 Å². The first-order chi connectivity index (χ1) is 19.9. The molecular weight excluding hydrogens is 624 g/mol. The number of hydrogen-bond donors (Lipinski definition) is 1. The zero-order chi connectivity index (χ0) is 28.9. The van der Waals surface area contributed by atoms with Crippen molar-refractivity contribution in [1.29, 1.82) is 0 Å². The highest BCUT2D eigenvalue weighted by Gasteiger charge is 2.36. The van der Waals surface area contributed by atoms with Crippen molar-refractivity contribution < 1.29 is 23.9 Å². The third-order valence-corrected chi connectivity index (χ3v) is 8.55. The Hall–Kier alpha value is -3.73. The average molecular weight is 650 g/mol. The van der Waals surface area contributed by atoms with Crippen molar-refractivity contribution in [1.82, 2.24) is 4.90 Å². The summed E-state index contributed by atoms with van der Waals surface area (Å²) in [5.74, 6) is 0.00754. The quantitative estimate of drug-likeness (QED) is 0.148. The maximum Gasteiger partial charge on any atom is 0.294 e. The summed E-state index contributed by atoms with van der Waals surface area (Å²) in [4.78, 5) is 40.4. The van der Waals surface area contributed by atoms with Crippen LogP contribution >= 0.6 is 39.5 Å². The summed E-state index contributed by atoms with van der Waals surface area (Å²) >= 11 is 5.91. The van der Waals surface area contributed by atoms with Crippen molar-refractivity contribution in [2.75, 3.05) is 25.2 Å². The fourth-order valence-electron chi connectivity index (χ4n) is 4.36. The number of ether oxygens (including phenoxy) is 2. The van der Waals surface area contributed by atoms with E-state index in [2.05, 4.69) is 39.4 Å². The molecule has 0 saturated carbocycles. The summed E-state index contributed by atoms with van der Waals surface area (Å²) in [5, 5.41) is 4.48. The summed E-state index contributed by atoms with van der Waals surface area (Å²) in [7, 11) is 1.54. The molecule has 0 aliphatic carbocycles. The van der Waals surface area contributed by atoms with Gasteiger partial charge in [-0.25, -0.2) is 0 Å². The normalized spacial score (nSPS) is 14.1. The second kappa shape index (κ2) is 12.8. The SMILES string of the molecule is COc1cc(/C=C2/SC(=O)N(CC(=O)Nc3cccc(SC)c3)C2=O)cc(Br)c1OCc1cccc2ccccc12. The molecule has 1 saturated heterocycles. The van der Waals surface area contributed by atoms with Gasteiger partial charge in [0.15, 0.2) is 11.5 Å². The van der Waals surface area contributed by atoms with E-state index in [-0.39, 0.29) is 11.4 Å². The lowest BCUT2D eigenvalue weighted by molar-refractivity contribution is -0.127. The van der Waals surface area contributed by atoms with Gasteiger partial charge in [0.25, 0.3) is 11.1 Å². The molecule has 1 fully saturated rings. The zero-order valence-corrected chi connectivity index (χ0v) is 25.4. The molecule has 41 heavy (non-hydrogen) atoms. The number of rotatable bonds is 9. The number of nitrogens with one attached hydrogen (secondary N) is 1. The summed E-state index contributed by atoms with van der Waals surface area (Å²) in [5.41, 5.74) is 2.27. The standard InChI is InChI=1S/C31H25BrN2O5S2/c1-38-26-14-19(13-25(32)29(26)39-18-21-9-5-8-20-7-3-4-12-24(20)21)15-27-30(36)34(31(37)41-27)17-28(35)33-22-10-6-11-23(16-22)40-2/h3-16H,17-18H2,1-2H3,(H,33,35)/b27-15+. The average Bonchev–Trinajstić information content (AvgIpc) is 3.23. The third-order valence-electron chi connectivity index (χ3n) is 6.33. The minimum atomic E-state index is -0.528. The van der Waals surface area contributed by atoms with Gasteiger partial charge in [0.1, 0.15) is 13.2 Å². The van der Waals surface area contributed by atoms with Crippen LogP contribution in [0, 0.1) is 0 Å². The van der Waals surface area contributed by atoms with E-state index < -0.39 is 17.1 Å². The van der Waals surface area contributed by atoms with Gasteiger partial charge in [0, 0.05) is 10.6 Å². The first-order valence-electron chi connectivity index (χ1n) is 12.5. The highest BCUT2D eigenvalue weighted by molar-refractivity contribution is 9.10. The Morgan fingerprint density at radius 1 is 1.05 bits per heavy atom. The van der Waals surface area contributed by atoms with E-state index in [9.17, 15) is 14.4 Å². The number of anilines is 1. The maximum absolute atomic E-state index is 13.0. The molecule has 1 aliphatic heterocycles. The lowest BCUT2D eigenvalue weighted by Gasteiger charge is -2.15. The third kappa shape index (κ3) is 6.61. The van der Waals surface area contributed by atoms with Gasteiger partial charge in [-0.15, -0.1) is 11.8 Å². The second-order valence-electron chi connectivity index (χ2n) is 9.01. The molecule has 0 radical (unpaired) electrons. The van der Waals surface area contributed by atoms with Gasteiger partial charge in [-0.3, -0.25) is 19.3 Å². The Balaban J connectivity index is 1.30. The molecule has 4 aromatic carbocycles. The number of amides is 3. The topological polar surface area (TPSA) is 84.9 Å². The van der Waals surface area contributed by atoms with E-state index in [1.807, 2.05) is 48.7 Å². The van der Waals surface area contributed by atoms with Crippen LogP contribution in [0.25, 0.3) is 16.8 Å². The summed E-state index contributed by atoms with van der Waals surface area (Å²) in [6, 6.07) is 25.1. The molecule has 4 aromatic rings. The highest BCUT2D eigenvalue weighted by Crippen LogP contribution is 2.40. The fraction of sp³-hybridized carbons (Fsp3) is 0.129. The molecule has 0 bridgehead atoms. The molecule has 0 unspecified atom stereocenters. The first-order valence-corrected chi connectivity index (χ1v) is 15.4. The lowest BCUT2D eigenvalue weighted by atomic mass is 10.1. The zero-order valence-electron chi connectivity index (χ0n) is 22.2. The van der Waals surface area contributed by atoms with Crippen molar-refractivity contribution in [2.45, 2.75) is 11.5 Å². The maximum atomic E-state index is 13.0. The number of halogens is 1. The monoisotopic (exact) mass is 648 g/mol. The molecule has 1 N–H and O–H groups in total. The van der Waals surface area contributed by atoms with Gasteiger partial charge in [-0.05, 0) is 92.3 Å². The van der Waals surface area contributed by atoms with Crippen LogP contribution in [0.3, 0.4) is 0 Å². The number of thioether (sulfide) groups is 2. The van der Waals surface area contributed by atoms with Crippen LogP contribution in [0.1, 0.15) is 11.1 Å². The number of benzene rings is 4.